The number of ether oxygens (including phenoxy) is 1. The lowest BCUT2D eigenvalue weighted by atomic mass is 9.86. The summed E-state index contributed by atoms with van der Waals surface area (Å²) in [4.78, 5) is 1.81. The molecule has 1 aliphatic heterocycles. The molecule has 1 aliphatic rings. The molecule has 5 nitrogen and oxygen atoms in total. The van der Waals surface area contributed by atoms with Gasteiger partial charge in [0.15, 0.2) is 0 Å². The fourth-order valence-electron chi connectivity index (χ4n) is 4.65. The second-order valence-corrected chi connectivity index (χ2v) is 9.79. The van der Waals surface area contributed by atoms with E-state index in [0.717, 1.165) is 16.9 Å². The van der Waals surface area contributed by atoms with Crippen molar-refractivity contribution < 1.29 is 13.4 Å². The van der Waals surface area contributed by atoms with E-state index in [0.29, 0.717) is 36.4 Å². The quantitative estimate of drug-likeness (QED) is 0.212. The highest BCUT2D eigenvalue weighted by Gasteiger charge is 2.17. The first kappa shape index (κ1) is 20.3. The predicted molar refractivity (Wildman–Crippen MR) is 147 cm³/mol. The lowest BCUT2D eigenvalue weighted by molar-refractivity contribution is -0.481. The number of anilines is 1. The molecule has 184 valence electrons. The molecule has 0 amide bonds. The molecular weight excluding hydrogens is 444 g/mol. The second kappa shape index (κ2) is 10.0. The lowest BCUT2D eigenvalue weighted by Gasteiger charge is -2.18. The maximum absolute atomic E-state index is 7.61. The normalized spacial score (nSPS) is 15.1. The smallest absolute Gasteiger partial charge is 0.131 e. The van der Waals surface area contributed by atoms with Crippen molar-refractivity contribution in [2.75, 3.05) is 25.0 Å². The topological polar surface area (TPSA) is 33.3 Å². The van der Waals surface area contributed by atoms with Crippen LogP contribution < -0.4 is 9.64 Å². The zero-order valence-corrected chi connectivity index (χ0v) is 21.3. The summed E-state index contributed by atoms with van der Waals surface area (Å²) in [5.74, 6) is 2.15. The number of hydrogen-bond acceptors (Lipinski definition) is 3. The molecule has 0 saturated carbocycles. The van der Waals surface area contributed by atoms with Gasteiger partial charge in [0.05, 0.1) is 29.5 Å². The molecule has 5 heteroatoms. The van der Waals surface area contributed by atoms with Gasteiger partial charge in [0.1, 0.15) is 24.4 Å². The first-order valence-electron chi connectivity index (χ1n) is 14.0. The minimum atomic E-state index is -2.19. The maximum Gasteiger partial charge on any atom is 0.131 e. The van der Waals surface area contributed by atoms with Crippen LogP contribution in [0.4, 0.5) is 5.69 Å². The van der Waals surface area contributed by atoms with Crippen LogP contribution in [-0.2, 0) is 0 Å². The summed E-state index contributed by atoms with van der Waals surface area (Å²) in [6, 6.07) is 22.0. The van der Waals surface area contributed by atoms with E-state index in [1.165, 1.54) is 21.3 Å². The van der Waals surface area contributed by atoms with Crippen molar-refractivity contribution in [1.82, 2.24) is 9.78 Å². The maximum atomic E-state index is 7.61. The molecule has 36 heavy (non-hydrogen) atoms. The molecule has 4 aromatic rings. The summed E-state index contributed by atoms with van der Waals surface area (Å²) in [6.07, 6.45) is 6.97. The van der Waals surface area contributed by atoms with Crippen LogP contribution >= 0.6 is 0 Å². The molecule has 0 bridgehead atoms. The molecule has 0 saturated heterocycles. The lowest BCUT2D eigenvalue weighted by Crippen LogP contribution is -2.17. The zero-order valence-electron chi connectivity index (χ0n) is 24.3. The van der Waals surface area contributed by atoms with E-state index >= 15 is 0 Å². The number of likely N-dealkylation sites (N-methyl/N-ethyl adjacent to an activating group) is 1. The second-order valence-electron chi connectivity index (χ2n) is 9.79. The van der Waals surface area contributed by atoms with Crippen LogP contribution in [0.1, 0.15) is 54.8 Å². The predicted octanol–water partition coefficient (Wildman–Crippen LogP) is 6.95. The summed E-state index contributed by atoms with van der Waals surface area (Å²) in [5, 5.41) is 4.70. The minimum absolute atomic E-state index is 0.399. The highest BCUT2D eigenvalue weighted by atomic mass is 16.5. The molecule has 2 heterocycles. The Morgan fingerprint density at radius 2 is 1.56 bits per heavy atom. The van der Waals surface area contributed by atoms with Crippen molar-refractivity contribution in [3.05, 3.63) is 90.3 Å². The Kier molecular flexibility index (Phi) is 5.66. The SMILES string of the molecule is [2H]C([2H])([2H])[N+]1=[C-]N(c2cccc(Oc3cccc(-n4cc(-c5c(C(C)C)cccc5C(C)C)cn4)c3)c2)CC1. The molecule has 0 radical (unpaired) electrons. The first-order valence-corrected chi connectivity index (χ1v) is 12.5. The Bertz CT molecular complexity index is 1480. The van der Waals surface area contributed by atoms with Gasteiger partial charge in [0.2, 0.25) is 0 Å². The molecule has 0 N–H and O–H groups in total. The van der Waals surface area contributed by atoms with Crippen molar-refractivity contribution in [2.45, 2.75) is 39.5 Å². The summed E-state index contributed by atoms with van der Waals surface area (Å²) < 4.78 is 32.2. The van der Waals surface area contributed by atoms with Gasteiger partial charge in [-0.3, -0.25) is 0 Å². The average Bonchev–Trinajstić information content (AvgIpc) is 3.59. The van der Waals surface area contributed by atoms with Crippen molar-refractivity contribution in [3.8, 4) is 28.3 Å². The van der Waals surface area contributed by atoms with Gasteiger partial charge in [-0.05, 0) is 52.4 Å². The Hall–Kier alpha value is -3.86. The summed E-state index contributed by atoms with van der Waals surface area (Å²) in [7, 11) is 0. The highest BCUT2D eigenvalue weighted by Crippen LogP contribution is 2.36. The van der Waals surface area contributed by atoms with Gasteiger partial charge < -0.3 is 14.2 Å². The van der Waals surface area contributed by atoms with Gasteiger partial charge in [-0.2, -0.15) is 5.10 Å². The van der Waals surface area contributed by atoms with Crippen LogP contribution in [0.5, 0.6) is 11.5 Å². The molecule has 0 atom stereocenters. The van der Waals surface area contributed by atoms with Gasteiger partial charge in [0.25, 0.3) is 0 Å². The van der Waals surface area contributed by atoms with Crippen molar-refractivity contribution in [3.63, 3.8) is 0 Å². The van der Waals surface area contributed by atoms with E-state index in [-0.39, 0.29) is 0 Å². The molecule has 1 aromatic heterocycles. The van der Waals surface area contributed by atoms with Crippen molar-refractivity contribution in [1.29, 1.82) is 0 Å². The van der Waals surface area contributed by atoms with Gasteiger partial charge in [-0.15, -0.1) is 0 Å². The Morgan fingerprint density at radius 3 is 2.19 bits per heavy atom. The van der Waals surface area contributed by atoms with Crippen LogP contribution in [0, 0.1) is 0 Å². The number of hydrogen-bond donors (Lipinski definition) is 0. The zero-order chi connectivity index (χ0) is 27.7. The Labute approximate surface area is 218 Å². The summed E-state index contributed by atoms with van der Waals surface area (Å²) in [6.45, 7) is 7.67. The van der Waals surface area contributed by atoms with Crippen LogP contribution in [0.15, 0.2) is 79.1 Å². The fraction of sp³-hybridized carbons (Fsp3) is 0.290. The summed E-state index contributed by atoms with van der Waals surface area (Å²) >= 11 is 0. The number of aromatic nitrogens is 2. The van der Waals surface area contributed by atoms with Crippen LogP contribution in [-0.4, -0.2) is 40.8 Å². The van der Waals surface area contributed by atoms with E-state index < -0.39 is 6.98 Å². The Balaban J connectivity index is 1.39. The van der Waals surface area contributed by atoms with E-state index in [1.54, 1.807) is 4.90 Å². The van der Waals surface area contributed by atoms with E-state index in [1.807, 2.05) is 59.4 Å². The minimum Gasteiger partial charge on any atom is -0.459 e. The van der Waals surface area contributed by atoms with E-state index in [9.17, 15) is 0 Å². The van der Waals surface area contributed by atoms with Gasteiger partial charge in [0, 0.05) is 17.8 Å². The number of nitrogens with zero attached hydrogens (tertiary/aromatic N) is 4. The first-order chi connectivity index (χ1) is 18.6. The van der Waals surface area contributed by atoms with E-state index in [2.05, 4.69) is 58.4 Å². The third-order valence-electron chi connectivity index (χ3n) is 6.48. The molecule has 0 unspecified atom stereocenters. The average molecular weight is 482 g/mol. The van der Waals surface area contributed by atoms with Gasteiger partial charge >= 0.3 is 0 Å². The molecule has 3 aromatic carbocycles. The van der Waals surface area contributed by atoms with Crippen molar-refractivity contribution >= 4 is 12.0 Å². The van der Waals surface area contributed by atoms with Crippen LogP contribution in [0.2, 0.25) is 0 Å². The molecule has 0 fully saturated rings. The number of rotatable bonds is 7. The van der Waals surface area contributed by atoms with Crippen LogP contribution in [0.3, 0.4) is 0 Å². The van der Waals surface area contributed by atoms with Crippen LogP contribution in [0.25, 0.3) is 16.8 Å². The fourth-order valence-corrected chi connectivity index (χ4v) is 4.65. The summed E-state index contributed by atoms with van der Waals surface area (Å²) in [5.41, 5.74) is 6.76. The third kappa shape index (κ3) is 4.92. The molecular formula is C31H34N4O. The largest absolute Gasteiger partial charge is 0.459 e. The highest BCUT2D eigenvalue weighted by molar-refractivity contribution is 5.77. The standard InChI is InChI=1S/C31H34N4O/c1-22(2)29-13-8-14-30(23(3)4)31(29)24-19-32-35(20-24)26-10-7-12-28(18-26)36-27-11-6-9-25(17-27)34-16-15-33(5)21-34/h6-14,17-20,22-23H,15-16H2,1-5H3/i5D3. The molecule has 0 spiro atoms. The van der Waals surface area contributed by atoms with Gasteiger partial charge in [-0.1, -0.05) is 70.2 Å². The van der Waals surface area contributed by atoms with Gasteiger partial charge in [-0.25, -0.2) is 4.68 Å². The third-order valence-corrected chi connectivity index (χ3v) is 6.48. The van der Waals surface area contributed by atoms with Crippen molar-refractivity contribution in [2.24, 2.45) is 0 Å². The molecule has 5 rings (SSSR count). The van der Waals surface area contributed by atoms with E-state index in [4.69, 9.17) is 13.9 Å². The number of benzene rings is 3. The Morgan fingerprint density at radius 1 is 0.917 bits per heavy atom. The monoisotopic (exact) mass is 481 g/mol. The molecule has 0 aliphatic carbocycles.